The average Bonchev–Trinajstić information content (AvgIpc) is 3.07. The molecule has 1 N–H and O–H groups in total. The third-order valence-corrected chi connectivity index (χ3v) is 4.31. The van der Waals surface area contributed by atoms with Crippen molar-refractivity contribution in [3.8, 4) is 5.75 Å². The van der Waals surface area contributed by atoms with Gasteiger partial charge in [-0.05, 0) is 43.3 Å². The summed E-state index contributed by atoms with van der Waals surface area (Å²) < 4.78 is 54.5. The number of aromatic amines is 1. The van der Waals surface area contributed by atoms with E-state index in [1.807, 2.05) is 0 Å². The van der Waals surface area contributed by atoms with Crippen molar-refractivity contribution in [3.05, 3.63) is 59.8 Å². The largest absolute Gasteiger partial charge is 0.483 e. The minimum Gasteiger partial charge on any atom is -0.483 e. The van der Waals surface area contributed by atoms with Crippen LogP contribution in [0.15, 0.2) is 42.6 Å². The number of hydrogen-bond acceptors (Lipinski definition) is 3. The molecule has 28 heavy (non-hydrogen) atoms. The number of H-pyrrole nitrogens is 1. The smallest absolute Gasteiger partial charge is 0.422 e. The first kappa shape index (κ1) is 19.7. The quantitative estimate of drug-likeness (QED) is 0.649. The summed E-state index contributed by atoms with van der Waals surface area (Å²) in [7, 11) is 1.58. The number of rotatable bonds is 5. The number of pyridine rings is 1. The molecule has 3 aromatic rings. The maximum atomic E-state index is 13.3. The van der Waals surface area contributed by atoms with Crippen LogP contribution in [0.3, 0.4) is 0 Å². The Labute approximate surface area is 157 Å². The summed E-state index contributed by atoms with van der Waals surface area (Å²) in [5.41, 5.74) is 1.28. The van der Waals surface area contributed by atoms with E-state index < -0.39 is 24.6 Å². The van der Waals surface area contributed by atoms with Crippen molar-refractivity contribution >= 4 is 16.8 Å². The molecular weight excluding hydrogens is 378 g/mol. The van der Waals surface area contributed by atoms with Crippen molar-refractivity contribution in [3.63, 3.8) is 0 Å². The second kappa shape index (κ2) is 7.49. The molecule has 0 bridgehead atoms. The van der Waals surface area contributed by atoms with Crippen molar-refractivity contribution in [2.24, 2.45) is 0 Å². The van der Waals surface area contributed by atoms with Crippen molar-refractivity contribution < 1.29 is 27.1 Å². The molecule has 2 heterocycles. The number of nitrogens with zero attached hydrogens (tertiary/aromatic N) is 2. The fourth-order valence-electron chi connectivity index (χ4n) is 2.67. The van der Waals surface area contributed by atoms with Crippen molar-refractivity contribution in [2.45, 2.75) is 19.1 Å². The van der Waals surface area contributed by atoms with Crippen LogP contribution in [0.1, 0.15) is 29.1 Å². The molecule has 0 fully saturated rings. The lowest BCUT2D eigenvalue weighted by Crippen LogP contribution is -2.30. The number of amides is 1. The lowest BCUT2D eigenvalue weighted by molar-refractivity contribution is -0.153. The van der Waals surface area contributed by atoms with Gasteiger partial charge < -0.3 is 14.6 Å². The number of carbonyl (C=O) groups excluding carboxylic acids is 1. The van der Waals surface area contributed by atoms with E-state index in [-0.39, 0.29) is 11.7 Å². The number of hydrogen-bond donors (Lipinski definition) is 1. The maximum absolute atomic E-state index is 13.3. The fraction of sp³-hybridized carbons (Fsp3) is 0.263. The topological polar surface area (TPSA) is 58.2 Å². The number of fused-ring (bicyclic) bond motifs is 1. The molecule has 1 unspecified atom stereocenters. The Balaban J connectivity index is 1.71. The molecule has 2 aromatic heterocycles. The number of halogens is 4. The summed E-state index contributed by atoms with van der Waals surface area (Å²) in [5.74, 6) is -0.754. The lowest BCUT2D eigenvalue weighted by atomic mass is 10.1. The van der Waals surface area contributed by atoms with Crippen LogP contribution in [0, 0.1) is 5.82 Å². The first-order valence-electron chi connectivity index (χ1n) is 8.35. The molecule has 0 spiro atoms. The number of carbonyl (C=O) groups is 1. The lowest BCUT2D eigenvalue weighted by Gasteiger charge is -2.24. The van der Waals surface area contributed by atoms with Gasteiger partial charge in [0, 0.05) is 18.0 Å². The highest BCUT2D eigenvalue weighted by molar-refractivity contribution is 5.98. The monoisotopic (exact) mass is 395 g/mol. The molecular formula is C19H17F4N3O2. The molecule has 0 aliphatic heterocycles. The summed E-state index contributed by atoms with van der Waals surface area (Å²) in [6.07, 6.45) is -3.25. The van der Waals surface area contributed by atoms with E-state index in [0.717, 1.165) is 0 Å². The first-order chi connectivity index (χ1) is 13.1. The Morgan fingerprint density at radius 1 is 1.25 bits per heavy atom. The number of nitrogens with one attached hydrogen (secondary N) is 1. The van der Waals surface area contributed by atoms with Crippen molar-refractivity contribution in [2.75, 3.05) is 13.7 Å². The van der Waals surface area contributed by atoms with Crippen LogP contribution in [0.25, 0.3) is 10.9 Å². The van der Waals surface area contributed by atoms with Crippen molar-refractivity contribution in [1.82, 2.24) is 14.9 Å². The van der Waals surface area contributed by atoms with E-state index >= 15 is 0 Å². The van der Waals surface area contributed by atoms with Crippen LogP contribution >= 0.6 is 0 Å². The Morgan fingerprint density at radius 3 is 2.64 bits per heavy atom. The van der Waals surface area contributed by atoms with Gasteiger partial charge in [-0.2, -0.15) is 13.2 Å². The third-order valence-electron chi connectivity index (χ3n) is 4.31. The number of benzene rings is 1. The van der Waals surface area contributed by atoms with E-state index in [0.29, 0.717) is 22.3 Å². The molecule has 1 aromatic carbocycles. The van der Waals surface area contributed by atoms with Gasteiger partial charge in [0.2, 0.25) is 0 Å². The van der Waals surface area contributed by atoms with Crippen LogP contribution in [-0.4, -0.2) is 40.6 Å². The van der Waals surface area contributed by atoms with Crippen molar-refractivity contribution in [1.29, 1.82) is 0 Å². The van der Waals surface area contributed by atoms with Gasteiger partial charge in [0.25, 0.3) is 5.91 Å². The summed E-state index contributed by atoms with van der Waals surface area (Å²) in [4.78, 5) is 21.1. The summed E-state index contributed by atoms with van der Waals surface area (Å²) in [6.45, 7) is 0.335. The molecule has 9 heteroatoms. The minimum atomic E-state index is -4.43. The molecule has 0 aliphatic carbocycles. The van der Waals surface area contributed by atoms with E-state index in [2.05, 4.69) is 14.7 Å². The van der Waals surface area contributed by atoms with Gasteiger partial charge in [-0.15, -0.1) is 0 Å². The Bertz CT molecular complexity index is 983. The van der Waals surface area contributed by atoms with E-state index in [1.165, 1.54) is 35.4 Å². The predicted molar refractivity (Wildman–Crippen MR) is 94.6 cm³/mol. The molecule has 148 valence electrons. The van der Waals surface area contributed by atoms with Gasteiger partial charge in [0.05, 0.1) is 17.9 Å². The number of ether oxygens (including phenoxy) is 1. The second-order valence-corrected chi connectivity index (χ2v) is 6.33. The Morgan fingerprint density at radius 2 is 2.00 bits per heavy atom. The Kier molecular flexibility index (Phi) is 5.26. The molecule has 1 amide bonds. The van der Waals surface area contributed by atoms with Crippen LogP contribution in [0.2, 0.25) is 0 Å². The summed E-state index contributed by atoms with van der Waals surface area (Å²) >= 11 is 0. The second-order valence-electron chi connectivity index (χ2n) is 6.33. The highest BCUT2D eigenvalue weighted by atomic mass is 19.4. The first-order valence-corrected chi connectivity index (χ1v) is 8.35. The third kappa shape index (κ3) is 4.41. The van der Waals surface area contributed by atoms with Crippen LogP contribution in [-0.2, 0) is 0 Å². The van der Waals surface area contributed by atoms with E-state index in [4.69, 9.17) is 0 Å². The molecule has 0 radical (unpaired) electrons. The molecule has 3 rings (SSSR count). The van der Waals surface area contributed by atoms with Crippen LogP contribution < -0.4 is 4.74 Å². The maximum Gasteiger partial charge on any atom is 0.422 e. The zero-order chi connectivity index (χ0) is 20.5. The highest BCUT2D eigenvalue weighted by Crippen LogP contribution is 2.24. The van der Waals surface area contributed by atoms with Crippen LogP contribution in [0.5, 0.6) is 5.75 Å². The van der Waals surface area contributed by atoms with Gasteiger partial charge in [-0.25, -0.2) is 4.39 Å². The number of aromatic nitrogens is 2. The minimum absolute atomic E-state index is 0.0140. The average molecular weight is 395 g/mol. The molecule has 0 aliphatic rings. The normalized spacial score (nSPS) is 12.8. The standard InChI is InChI=1S/C19H17F4N3O2/c1-11(15-6-5-14(9-24-15)28-10-19(21,22)23)26(2)18(27)17-7-12-3-4-13(20)8-16(12)25-17/h3-9,11,25H,10H2,1-2H3. The molecule has 1 atom stereocenters. The van der Waals surface area contributed by atoms with Gasteiger partial charge >= 0.3 is 6.18 Å². The number of alkyl halides is 3. The highest BCUT2D eigenvalue weighted by Gasteiger charge is 2.28. The summed E-state index contributed by atoms with van der Waals surface area (Å²) in [5, 5.41) is 0.704. The Hall–Kier alpha value is -3.10. The van der Waals surface area contributed by atoms with Gasteiger partial charge in [0.15, 0.2) is 6.61 Å². The van der Waals surface area contributed by atoms with Gasteiger partial charge in [-0.3, -0.25) is 9.78 Å². The zero-order valence-electron chi connectivity index (χ0n) is 15.0. The predicted octanol–water partition coefficient (Wildman–Crippen LogP) is 4.48. The SMILES string of the molecule is CC(c1ccc(OCC(F)(F)F)cn1)N(C)C(=O)c1cc2ccc(F)cc2[nH]1. The van der Waals surface area contributed by atoms with E-state index in [1.54, 1.807) is 26.1 Å². The molecule has 0 saturated heterocycles. The van der Waals surface area contributed by atoms with Gasteiger partial charge in [0.1, 0.15) is 17.3 Å². The van der Waals surface area contributed by atoms with E-state index in [9.17, 15) is 22.4 Å². The molecule has 5 nitrogen and oxygen atoms in total. The zero-order valence-corrected chi connectivity index (χ0v) is 15.0. The summed E-state index contributed by atoms with van der Waals surface area (Å²) in [6, 6.07) is 8.23. The van der Waals surface area contributed by atoms with Crippen LogP contribution in [0.4, 0.5) is 17.6 Å². The molecule has 0 saturated carbocycles. The fourth-order valence-corrected chi connectivity index (χ4v) is 2.67. The van der Waals surface area contributed by atoms with Gasteiger partial charge in [-0.1, -0.05) is 0 Å².